The van der Waals surface area contributed by atoms with Crippen LogP contribution in [-0.4, -0.2) is 47.3 Å². The number of rotatable bonds is 4. The summed E-state index contributed by atoms with van der Waals surface area (Å²) in [5, 5.41) is 6.54. The van der Waals surface area contributed by atoms with Crippen LogP contribution < -0.4 is 0 Å². The van der Waals surface area contributed by atoms with Crippen LogP contribution in [0.4, 0.5) is 0 Å². The molecule has 1 aliphatic rings. The summed E-state index contributed by atoms with van der Waals surface area (Å²) in [5.74, 6) is 0.395. The van der Waals surface area contributed by atoms with Gasteiger partial charge in [0.05, 0.1) is 6.10 Å². The third kappa shape index (κ3) is 3.86. The van der Waals surface area contributed by atoms with E-state index in [1.165, 1.54) is 6.42 Å². The summed E-state index contributed by atoms with van der Waals surface area (Å²) < 4.78 is 10.9. The first kappa shape index (κ1) is 15.9. The molecule has 1 N–H and O–H groups in total. The maximum absolute atomic E-state index is 12.5. The quantitative estimate of drug-likeness (QED) is 0.871. The van der Waals surface area contributed by atoms with E-state index in [9.17, 15) is 4.79 Å². The number of carbonyl (C=O) groups is 1. The Balaban J connectivity index is 1.66. The van der Waals surface area contributed by atoms with Gasteiger partial charge in [-0.05, 0) is 55.7 Å². The van der Waals surface area contributed by atoms with Crippen LogP contribution in [0.3, 0.4) is 0 Å². The van der Waals surface area contributed by atoms with Gasteiger partial charge in [0, 0.05) is 31.3 Å². The Labute approximate surface area is 139 Å². The van der Waals surface area contributed by atoms with Crippen LogP contribution in [-0.2, 0) is 4.74 Å². The van der Waals surface area contributed by atoms with Crippen molar-refractivity contribution in [3.05, 3.63) is 34.7 Å². The SMILES string of the molecule is CN(C[C@H]1CCCCO1)C(=O)c1ccc(-c2n[nH]c(=S)o2)cc1. The summed E-state index contributed by atoms with van der Waals surface area (Å²) in [6, 6.07) is 7.13. The van der Waals surface area contributed by atoms with Gasteiger partial charge in [-0.3, -0.25) is 4.79 Å². The molecule has 1 aromatic heterocycles. The van der Waals surface area contributed by atoms with Crippen LogP contribution in [0.1, 0.15) is 29.6 Å². The van der Waals surface area contributed by atoms with Crippen molar-refractivity contribution in [2.24, 2.45) is 0 Å². The molecule has 122 valence electrons. The van der Waals surface area contributed by atoms with Crippen molar-refractivity contribution in [3.8, 4) is 11.5 Å². The van der Waals surface area contributed by atoms with Crippen molar-refractivity contribution in [1.29, 1.82) is 0 Å². The zero-order valence-corrected chi connectivity index (χ0v) is 13.8. The molecule has 1 aliphatic heterocycles. The molecule has 23 heavy (non-hydrogen) atoms. The van der Waals surface area contributed by atoms with Crippen molar-refractivity contribution < 1.29 is 13.9 Å². The molecule has 1 fully saturated rings. The van der Waals surface area contributed by atoms with Crippen molar-refractivity contribution >= 4 is 18.1 Å². The Morgan fingerprint density at radius 2 is 2.17 bits per heavy atom. The second kappa shape index (κ2) is 7.06. The monoisotopic (exact) mass is 333 g/mol. The fraction of sp³-hybridized carbons (Fsp3) is 0.438. The molecule has 1 saturated heterocycles. The Hall–Kier alpha value is -1.99. The number of H-pyrrole nitrogens is 1. The highest BCUT2D eigenvalue weighted by Gasteiger charge is 2.19. The number of nitrogens with zero attached hydrogens (tertiary/aromatic N) is 2. The summed E-state index contributed by atoms with van der Waals surface area (Å²) in [5.41, 5.74) is 1.40. The predicted molar refractivity (Wildman–Crippen MR) is 87.7 cm³/mol. The van der Waals surface area contributed by atoms with E-state index < -0.39 is 0 Å². The van der Waals surface area contributed by atoms with Gasteiger partial charge in [0.15, 0.2) is 0 Å². The lowest BCUT2D eigenvalue weighted by Gasteiger charge is -2.27. The molecular weight excluding hydrogens is 314 g/mol. The van der Waals surface area contributed by atoms with Crippen molar-refractivity contribution in [1.82, 2.24) is 15.1 Å². The molecule has 1 aromatic carbocycles. The first-order valence-electron chi connectivity index (χ1n) is 7.66. The molecule has 2 heterocycles. The average molecular weight is 333 g/mol. The van der Waals surface area contributed by atoms with Gasteiger partial charge in [0.2, 0.25) is 5.89 Å². The highest BCUT2D eigenvalue weighted by molar-refractivity contribution is 7.71. The second-order valence-corrected chi connectivity index (χ2v) is 6.04. The van der Waals surface area contributed by atoms with E-state index in [4.69, 9.17) is 21.4 Å². The molecule has 6 nitrogen and oxygen atoms in total. The molecule has 7 heteroatoms. The number of benzene rings is 1. The Bertz CT molecular complexity index is 717. The van der Waals surface area contributed by atoms with Gasteiger partial charge in [-0.25, -0.2) is 5.10 Å². The summed E-state index contributed by atoms with van der Waals surface area (Å²) >= 11 is 4.85. The lowest BCUT2D eigenvalue weighted by molar-refractivity contribution is -0.000186. The maximum atomic E-state index is 12.5. The summed E-state index contributed by atoms with van der Waals surface area (Å²) in [6.45, 7) is 1.41. The molecule has 1 amide bonds. The largest absolute Gasteiger partial charge is 0.409 e. The van der Waals surface area contributed by atoms with Crippen LogP contribution in [0.25, 0.3) is 11.5 Å². The second-order valence-electron chi connectivity index (χ2n) is 5.67. The summed E-state index contributed by atoms with van der Waals surface area (Å²) in [6.07, 6.45) is 3.44. The van der Waals surface area contributed by atoms with Gasteiger partial charge < -0.3 is 14.1 Å². The molecule has 3 rings (SSSR count). The normalized spacial score (nSPS) is 17.9. The third-order valence-corrected chi connectivity index (χ3v) is 4.09. The van der Waals surface area contributed by atoms with E-state index >= 15 is 0 Å². The standard InChI is InChI=1S/C16H19N3O3S/c1-19(10-13-4-2-3-9-21-13)15(20)12-7-5-11(6-8-12)14-17-18-16(23)22-14/h5-8,13H,2-4,9-10H2,1H3,(H,18,23)/t13-/m1/s1. The molecule has 0 unspecified atom stereocenters. The van der Waals surface area contributed by atoms with E-state index in [0.29, 0.717) is 18.0 Å². The summed E-state index contributed by atoms with van der Waals surface area (Å²) in [4.78, 5) is 14.4. The number of amides is 1. The third-order valence-electron chi connectivity index (χ3n) is 3.92. The van der Waals surface area contributed by atoms with Gasteiger partial charge >= 0.3 is 0 Å². The first-order chi connectivity index (χ1) is 11.1. The lowest BCUT2D eigenvalue weighted by Crippen LogP contribution is -2.37. The van der Waals surface area contributed by atoms with Crippen molar-refractivity contribution in [2.45, 2.75) is 25.4 Å². The molecule has 0 spiro atoms. The van der Waals surface area contributed by atoms with Crippen LogP contribution in [0.15, 0.2) is 28.7 Å². The van der Waals surface area contributed by atoms with E-state index in [1.807, 2.05) is 0 Å². The minimum absolute atomic E-state index is 0.0198. The van der Waals surface area contributed by atoms with Gasteiger partial charge in [-0.2, -0.15) is 0 Å². The smallest absolute Gasteiger partial charge is 0.284 e. The molecule has 0 aliphatic carbocycles. The minimum atomic E-state index is -0.0198. The number of aromatic nitrogens is 2. The number of hydrogen-bond acceptors (Lipinski definition) is 5. The Morgan fingerprint density at radius 3 is 2.78 bits per heavy atom. The fourth-order valence-electron chi connectivity index (χ4n) is 2.67. The zero-order chi connectivity index (χ0) is 16.2. The predicted octanol–water partition coefficient (Wildman–Crippen LogP) is 3.04. The van der Waals surface area contributed by atoms with Gasteiger partial charge in [-0.1, -0.05) is 0 Å². The van der Waals surface area contributed by atoms with Gasteiger partial charge in [-0.15, -0.1) is 5.10 Å². The van der Waals surface area contributed by atoms with E-state index in [1.54, 1.807) is 36.2 Å². The molecule has 0 bridgehead atoms. The number of carbonyl (C=O) groups excluding carboxylic acids is 1. The molecular formula is C16H19N3O3S. The first-order valence-corrected chi connectivity index (χ1v) is 8.07. The van der Waals surface area contributed by atoms with Crippen LogP contribution in [0.2, 0.25) is 0 Å². The number of likely N-dealkylation sites (N-methyl/N-ethyl adjacent to an activating group) is 1. The van der Waals surface area contributed by atoms with Gasteiger partial charge in [0.1, 0.15) is 0 Å². The van der Waals surface area contributed by atoms with Crippen molar-refractivity contribution in [2.75, 3.05) is 20.2 Å². The van der Waals surface area contributed by atoms with Crippen LogP contribution in [0.5, 0.6) is 0 Å². The fourth-order valence-corrected chi connectivity index (χ4v) is 2.79. The maximum Gasteiger partial charge on any atom is 0.284 e. The highest BCUT2D eigenvalue weighted by Crippen LogP contribution is 2.19. The Kier molecular flexibility index (Phi) is 4.88. The minimum Gasteiger partial charge on any atom is -0.409 e. The molecule has 2 aromatic rings. The van der Waals surface area contributed by atoms with E-state index in [0.717, 1.165) is 25.0 Å². The number of aromatic amines is 1. The molecule has 1 atom stereocenters. The summed E-state index contributed by atoms with van der Waals surface area (Å²) in [7, 11) is 1.81. The lowest BCUT2D eigenvalue weighted by atomic mass is 10.1. The van der Waals surface area contributed by atoms with Crippen LogP contribution >= 0.6 is 12.2 Å². The number of hydrogen-bond donors (Lipinski definition) is 1. The Morgan fingerprint density at radius 1 is 1.39 bits per heavy atom. The van der Waals surface area contributed by atoms with Crippen LogP contribution in [0, 0.1) is 4.84 Å². The number of ether oxygens (including phenoxy) is 1. The topological polar surface area (TPSA) is 71.4 Å². The molecule has 0 radical (unpaired) electrons. The highest BCUT2D eigenvalue weighted by atomic mass is 32.1. The average Bonchev–Trinajstić information content (AvgIpc) is 3.02. The number of nitrogens with one attached hydrogen (secondary N) is 1. The molecule has 0 saturated carbocycles. The van der Waals surface area contributed by atoms with Crippen molar-refractivity contribution in [3.63, 3.8) is 0 Å². The zero-order valence-electron chi connectivity index (χ0n) is 12.9. The van der Waals surface area contributed by atoms with E-state index in [2.05, 4.69) is 10.2 Å². The van der Waals surface area contributed by atoms with Gasteiger partial charge in [0.25, 0.3) is 10.7 Å². The van der Waals surface area contributed by atoms with E-state index in [-0.39, 0.29) is 16.8 Å².